The molecule has 84 valence electrons. The molecule has 0 aliphatic heterocycles. The highest BCUT2D eigenvalue weighted by Crippen LogP contribution is 2.21. The van der Waals surface area contributed by atoms with E-state index in [1.54, 1.807) is 6.20 Å². The van der Waals surface area contributed by atoms with E-state index in [0.717, 1.165) is 21.9 Å². The van der Waals surface area contributed by atoms with Crippen molar-refractivity contribution >= 4 is 27.9 Å². The Morgan fingerprint density at radius 2 is 2.24 bits per heavy atom. The third-order valence-corrected chi connectivity index (χ3v) is 2.60. The fraction of sp³-hybridized carbons (Fsp3) is 0.0833. The molecule has 0 spiro atoms. The predicted molar refractivity (Wildman–Crippen MR) is 62.7 cm³/mol. The van der Waals surface area contributed by atoms with Crippen LogP contribution in [0.5, 0.6) is 0 Å². The van der Waals surface area contributed by atoms with Crippen molar-refractivity contribution < 1.29 is 9.90 Å². The summed E-state index contributed by atoms with van der Waals surface area (Å²) in [7, 11) is 0. The standard InChI is InChI=1S/C12H9N3O2/c16-11(17)6-10-14-9-4-3-8-7(12(9)15-10)2-1-5-13-8/h1-5H,6H2,(H,14,15)(H,16,17). The minimum Gasteiger partial charge on any atom is -0.481 e. The van der Waals surface area contributed by atoms with E-state index in [9.17, 15) is 4.79 Å². The molecule has 3 aromatic rings. The van der Waals surface area contributed by atoms with Crippen molar-refractivity contribution in [3.8, 4) is 0 Å². The molecule has 17 heavy (non-hydrogen) atoms. The lowest BCUT2D eigenvalue weighted by atomic mass is 10.2. The Bertz CT molecular complexity index is 718. The van der Waals surface area contributed by atoms with Gasteiger partial charge in [0, 0.05) is 11.6 Å². The number of fused-ring (bicyclic) bond motifs is 3. The summed E-state index contributed by atoms with van der Waals surface area (Å²) in [5, 5.41) is 9.66. The van der Waals surface area contributed by atoms with E-state index in [-0.39, 0.29) is 6.42 Å². The molecule has 0 unspecified atom stereocenters. The molecule has 2 N–H and O–H groups in total. The summed E-state index contributed by atoms with van der Waals surface area (Å²) < 4.78 is 0. The Labute approximate surface area is 96.1 Å². The van der Waals surface area contributed by atoms with Crippen LogP contribution in [0.15, 0.2) is 30.5 Å². The molecule has 2 heterocycles. The number of carboxylic acids is 1. The van der Waals surface area contributed by atoms with E-state index >= 15 is 0 Å². The number of nitrogens with one attached hydrogen (secondary N) is 1. The van der Waals surface area contributed by atoms with Gasteiger partial charge in [0.25, 0.3) is 0 Å². The first-order valence-corrected chi connectivity index (χ1v) is 5.18. The quantitative estimate of drug-likeness (QED) is 0.698. The number of benzene rings is 1. The van der Waals surface area contributed by atoms with Crippen LogP contribution in [0, 0.1) is 0 Å². The second-order valence-electron chi connectivity index (χ2n) is 3.79. The van der Waals surface area contributed by atoms with E-state index in [1.165, 1.54) is 0 Å². The van der Waals surface area contributed by atoms with Crippen LogP contribution >= 0.6 is 0 Å². The maximum Gasteiger partial charge on any atom is 0.311 e. The number of aromatic amines is 1. The number of nitrogens with zero attached hydrogens (tertiary/aromatic N) is 2. The van der Waals surface area contributed by atoms with Crippen LogP contribution < -0.4 is 0 Å². The fourth-order valence-electron chi connectivity index (χ4n) is 1.90. The maximum absolute atomic E-state index is 10.6. The van der Waals surface area contributed by atoms with Gasteiger partial charge in [-0.2, -0.15) is 0 Å². The Morgan fingerprint density at radius 3 is 3.06 bits per heavy atom. The summed E-state index contributed by atoms with van der Waals surface area (Å²) in [6, 6.07) is 7.52. The predicted octanol–water partition coefficient (Wildman–Crippen LogP) is 1.74. The summed E-state index contributed by atoms with van der Waals surface area (Å²) in [6.07, 6.45) is 1.62. The normalized spacial score (nSPS) is 11.1. The minimum atomic E-state index is -0.897. The number of rotatable bonds is 2. The van der Waals surface area contributed by atoms with Crippen LogP contribution in [-0.2, 0) is 11.2 Å². The molecule has 2 aromatic heterocycles. The van der Waals surface area contributed by atoms with Gasteiger partial charge in [-0.25, -0.2) is 4.98 Å². The molecule has 0 saturated carbocycles. The third-order valence-electron chi connectivity index (χ3n) is 2.60. The largest absolute Gasteiger partial charge is 0.481 e. The molecule has 0 radical (unpaired) electrons. The van der Waals surface area contributed by atoms with Gasteiger partial charge in [0.15, 0.2) is 0 Å². The lowest BCUT2D eigenvalue weighted by Crippen LogP contribution is -2.01. The molecule has 1 aromatic carbocycles. The number of carbonyl (C=O) groups is 1. The van der Waals surface area contributed by atoms with Crippen molar-refractivity contribution in [1.29, 1.82) is 0 Å². The molecule has 5 nitrogen and oxygen atoms in total. The molecule has 0 bridgehead atoms. The van der Waals surface area contributed by atoms with Crippen LogP contribution in [0.2, 0.25) is 0 Å². The number of hydrogen-bond donors (Lipinski definition) is 2. The highest BCUT2D eigenvalue weighted by atomic mass is 16.4. The fourth-order valence-corrected chi connectivity index (χ4v) is 1.90. The monoisotopic (exact) mass is 227 g/mol. The third kappa shape index (κ3) is 1.61. The summed E-state index contributed by atoms with van der Waals surface area (Å²) in [6.45, 7) is 0. The van der Waals surface area contributed by atoms with Gasteiger partial charge in [-0.15, -0.1) is 0 Å². The molecule has 0 saturated heterocycles. The molecule has 0 fully saturated rings. The summed E-state index contributed by atoms with van der Waals surface area (Å²) in [4.78, 5) is 22.2. The SMILES string of the molecule is O=C(O)Cc1nc2c(ccc3ncccc32)[nH]1. The molecule has 3 rings (SSSR count). The maximum atomic E-state index is 10.6. The molecule has 0 aliphatic rings. The highest BCUT2D eigenvalue weighted by molar-refractivity contribution is 6.02. The van der Waals surface area contributed by atoms with Crippen LogP contribution in [0.1, 0.15) is 5.82 Å². The average Bonchev–Trinajstić information content (AvgIpc) is 2.70. The van der Waals surface area contributed by atoms with Crippen LogP contribution in [0.25, 0.3) is 21.9 Å². The van der Waals surface area contributed by atoms with E-state index in [0.29, 0.717) is 5.82 Å². The van der Waals surface area contributed by atoms with Crippen molar-refractivity contribution in [3.05, 3.63) is 36.3 Å². The number of imidazole rings is 1. The van der Waals surface area contributed by atoms with Gasteiger partial charge in [-0.05, 0) is 24.3 Å². The molecular weight excluding hydrogens is 218 g/mol. The Morgan fingerprint density at radius 1 is 1.35 bits per heavy atom. The second-order valence-corrected chi connectivity index (χ2v) is 3.79. The van der Waals surface area contributed by atoms with Gasteiger partial charge in [0.1, 0.15) is 12.2 Å². The average molecular weight is 227 g/mol. The zero-order valence-corrected chi connectivity index (χ0v) is 8.84. The molecule has 0 amide bonds. The zero-order chi connectivity index (χ0) is 11.8. The summed E-state index contributed by atoms with van der Waals surface area (Å²) >= 11 is 0. The number of hydrogen-bond acceptors (Lipinski definition) is 3. The number of carboxylic acid groups (broad SMARTS) is 1. The first-order valence-electron chi connectivity index (χ1n) is 5.18. The van der Waals surface area contributed by atoms with Crippen molar-refractivity contribution in [2.45, 2.75) is 6.42 Å². The van der Waals surface area contributed by atoms with E-state index in [2.05, 4.69) is 15.0 Å². The Balaban J connectivity index is 2.27. The van der Waals surface area contributed by atoms with Crippen molar-refractivity contribution in [2.75, 3.05) is 0 Å². The van der Waals surface area contributed by atoms with E-state index in [4.69, 9.17) is 5.11 Å². The number of pyridine rings is 1. The Hall–Kier alpha value is -2.43. The van der Waals surface area contributed by atoms with Crippen molar-refractivity contribution in [1.82, 2.24) is 15.0 Å². The van der Waals surface area contributed by atoms with E-state index < -0.39 is 5.97 Å². The highest BCUT2D eigenvalue weighted by Gasteiger charge is 2.09. The van der Waals surface area contributed by atoms with E-state index in [1.807, 2.05) is 24.3 Å². The minimum absolute atomic E-state index is 0.101. The van der Waals surface area contributed by atoms with Crippen molar-refractivity contribution in [3.63, 3.8) is 0 Å². The van der Waals surface area contributed by atoms with Gasteiger partial charge in [-0.3, -0.25) is 9.78 Å². The van der Waals surface area contributed by atoms with Gasteiger partial charge in [0.05, 0.1) is 16.6 Å². The smallest absolute Gasteiger partial charge is 0.311 e. The topological polar surface area (TPSA) is 78.9 Å². The molecule has 5 heteroatoms. The van der Waals surface area contributed by atoms with Gasteiger partial charge in [0.2, 0.25) is 0 Å². The first kappa shape index (κ1) is 9.77. The lowest BCUT2D eigenvalue weighted by molar-refractivity contribution is -0.136. The number of aromatic nitrogens is 3. The number of aliphatic carboxylic acids is 1. The second kappa shape index (κ2) is 3.55. The zero-order valence-electron chi connectivity index (χ0n) is 8.84. The van der Waals surface area contributed by atoms with Gasteiger partial charge < -0.3 is 10.1 Å². The number of H-pyrrole nitrogens is 1. The van der Waals surface area contributed by atoms with Crippen LogP contribution in [-0.4, -0.2) is 26.0 Å². The van der Waals surface area contributed by atoms with Crippen molar-refractivity contribution in [2.24, 2.45) is 0 Å². The summed E-state index contributed by atoms with van der Waals surface area (Å²) in [5.74, 6) is -0.435. The van der Waals surface area contributed by atoms with Gasteiger partial charge >= 0.3 is 5.97 Å². The first-order chi connectivity index (χ1) is 8.24. The van der Waals surface area contributed by atoms with Crippen LogP contribution in [0.4, 0.5) is 0 Å². The summed E-state index contributed by atoms with van der Waals surface area (Å²) in [5.41, 5.74) is 2.46. The molecule has 0 aliphatic carbocycles. The molecule has 0 atom stereocenters. The van der Waals surface area contributed by atoms with Crippen LogP contribution in [0.3, 0.4) is 0 Å². The van der Waals surface area contributed by atoms with Gasteiger partial charge in [-0.1, -0.05) is 0 Å². The molecular formula is C12H9N3O2. The lowest BCUT2D eigenvalue weighted by Gasteiger charge is -1.95. The Kier molecular flexibility index (Phi) is 2.04.